The standard InChI is InChI=1S/C72H46N4/c1-2-21-49(22-3-1)73-62-33-12-10-29-56(62)60-45-47(41-43-70(60)73)48-42-44-71-61(46-48)57-30-11-19-40-69(57)76(71)72-58(54-27-8-17-38-67(54)74-63-34-13-4-23-50(63)51-24-5-14-35-64(51)74)31-20-32-59(72)55-28-9-18-39-68(55)75-65-36-15-6-25-52(65)53-26-7-16-37-66(53)75/h1-46H. The van der Waals surface area contributed by atoms with E-state index in [-0.39, 0.29) is 0 Å². The van der Waals surface area contributed by atoms with Gasteiger partial charge < -0.3 is 18.3 Å². The second-order valence-corrected chi connectivity index (χ2v) is 20.0. The Morgan fingerprint density at radius 2 is 0.487 bits per heavy atom. The number of fused-ring (bicyclic) bond motifs is 12. The van der Waals surface area contributed by atoms with Gasteiger partial charge in [-0.1, -0.05) is 194 Å². The zero-order valence-corrected chi connectivity index (χ0v) is 41.3. The first-order chi connectivity index (χ1) is 37.8. The van der Waals surface area contributed by atoms with Crippen molar-refractivity contribution in [3.63, 3.8) is 0 Å². The van der Waals surface area contributed by atoms with Gasteiger partial charge in [0.05, 0.1) is 61.2 Å². The van der Waals surface area contributed by atoms with Crippen LogP contribution in [0.1, 0.15) is 0 Å². The van der Waals surface area contributed by atoms with Crippen molar-refractivity contribution >= 4 is 87.2 Å². The summed E-state index contributed by atoms with van der Waals surface area (Å²) in [6.07, 6.45) is 0. The predicted molar refractivity (Wildman–Crippen MR) is 320 cm³/mol. The van der Waals surface area contributed by atoms with Gasteiger partial charge >= 0.3 is 0 Å². The second kappa shape index (κ2) is 16.7. The monoisotopic (exact) mass is 966 g/mol. The highest BCUT2D eigenvalue weighted by Crippen LogP contribution is 2.47. The molecule has 76 heavy (non-hydrogen) atoms. The fourth-order valence-corrected chi connectivity index (χ4v) is 12.8. The normalized spacial score (nSPS) is 11.9. The van der Waals surface area contributed by atoms with Crippen molar-refractivity contribution in [2.45, 2.75) is 0 Å². The van der Waals surface area contributed by atoms with Gasteiger partial charge in [-0.15, -0.1) is 0 Å². The fraction of sp³-hybridized carbons (Fsp3) is 0. The van der Waals surface area contributed by atoms with E-state index in [1.54, 1.807) is 0 Å². The van der Waals surface area contributed by atoms with Gasteiger partial charge in [-0.3, -0.25) is 0 Å². The Kier molecular flexibility index (Phi) is 9.30. The molecule has 0 atom stereocenters. The molecule has 0 unspecified atom stereocenters. The summed E-state index contributed by atoms with van der Waals surface area (Å²) in [5, 5.41) is 9.83. The molecule has 0 aliphatic heterocycles. The van der Waals surface area contributed by atoms with Gasteiger partial charge in [0, 0.05) is 71.0 Å². The molecule has 0 saturated carbocycles. The van der Waals surface area contributed by atoms with Gasteiger partial charge in [0.25, 0.3) is 0 Å². The van der Waals surface area contributed by atoms with Crippen molar-refractivity contribution in [2.75, 3.05) is 0 Å². The molecule has 0 radical (unpaired) electrons. The van der Waals surface area contributed by atoms with Crippen molar-refractivity contribution in [2.24, 2.45) is 0 Å². The predicted octanol–water partition coefficient (Wildman–Crippen LogP) is 19.1. The summed E-state index contributed by atoms with van der Waals surface area (Å²) in [6, 6.07) is 103. The van der Waals surface area contributed by atoms with E-state index in [0.717, 1.165) is 56.0 Å². The van der Waals surface area contributed by atoms with Gasteiger partial charge in [-0.05, 0) is 96.1 Å². The van der Waals surface area contributed by atoms with E-state index in [1.165, 1.54) is 87.3 Å². The summed E-state index contributed by atoms with van der Waals surface area (Å²) >= 11 is 0. The third kappa shape index (κ3) is 6.19. The molecule has 16 aromatic rings. The van der Waals surface area contributed by atoms with Crippen molar-refractivity contribution in [3.8, 4) is 56.1 Å². The molecule has 0 spiro atoms. The lowest BCUT2D eigenvalue weighted by atomic mass is 9.93. The average molecular weight is 967 g/mol. The minimum atomic E-state index is 1.12. The number of hydrogen-bond acceptors (Lipinski definition) is 0. The SMILES string of the molecule is c1ccc(-n2c3ccccc3c3cc(-c4ccc5c(c4)c4ccccc4n5-c4c(-c5ccccc5-n5c6ccccc6c6ccccc65)cccc4-c4ccccc4-n4c5ccccc5c5ccccc54)ccc32)cc1. The van der Waals surface area contributed by atoms with Crippen LogP contribution < -0.4 is 0 Å². The zero-order valence-electron chi connectivity index (χ0n) is 41.3. The number of benzene rings is 12. The molecule has 0 aliphatic rings. The van der Waals surface area contributed by atoms with Gasteiger partial charge in [0.2, 0.25) is 0 Å². The molecule has 12 aromatic carbocycles. The van der Waals surface area contributed by atoms with E-state index >= 15 is 0 Å². The largest absolute Gasteiger partial charge is 0.309 e. The lowest BCUT2D eigenvalue weighted by Gasteiger charge is -2.23. The number of hydrogen-bond donors (Lipinski definition) is 0. The molecule has 0 N–H and O–H groups in total. The third-order valence-corrected chi connectivity index (χ3v) is 16.0. The molecule has 0 aliphatic carbocycles. The van der Waals surface area contributed by atoms with E-state index in [1.807, 2.05) is 0 Å². The summed E-state index contributed by atoms with van der Waals surface area (Å²) in [4.78, 5) is 0. The maximum Gasteiger partial charge on any atom is 0.0620 e. The molecule has 0 saturated heterocycles. The molecular formula is C72H46N4. The minimum Gasteiger partial charge on any atom is -0.309 e. The molecule has 16 rings (SSSR count). The van der Waals surface area contributed by atoms with Crippen LogP contribution in [0.15, 0.2) is 279 Å². The molecule has 4 heterocycles. The number of rotatable bonds is 7. The zero-order chi connectivity index (χ0) is 49.8. The van der Waals surface area contributed by atoms with Crippen molar-refractivity contribution in [1.29, 1.82) is 0 Å². The van der Waals surface area contributed by atoms with E-state index < -0.39 is 0 Å². The highest BCUT2D eigenvalue weighted by Gasteiger charge is 2.25. The van der Waals surface area contributed by atoms with Crippen molar-refractivity contribution in [3.05, 3.63) is 279 Å². The molecule has 4 aromatic heterocycles. The highest BCUT2D eigenvalue weighted by molar-refractivity contribution is 6.15. The molecular weight excluding hydrogens is 921 g/mol. The van der Waals surface area contributed by atoms with E-state index in [0.29, 0.717) is 0 Å². The Morgan fingerprint density at radius 3 is 0.921 bits per heavy atom. The van der Waals surface area contributed by atoms with Crippen LogP contribution in [0.5, 0.6) is 0 Å². The van der Waals surface area contributed by atoms with Crippen LogP contribution in [-0.4, -0.2) is 18.3 Å². The Hall–Kier alpha value is -10.2. The maximum atomic E-state index is 2.56. The van der Waals surface area contributed by atoms with Gasteiger partial charge in [0.1, 0.15) is 0 Å². The molecule has 0 amide bonds. The Bertz CT molecular complexity index is 4720. The van der Waals surface area contributed by atoms with Gasteiger partial charge in [0.15, 0.2) is 0 Å². The summed E-state index contributed by atoms with van der Waals surface area (Å²) in [7, 11) is 0. The fourth-order valence-electron chi connectivity index (χ4n) is 12.8. The van der Waals surface area contributed by atoms with Crippen LogP contribution in [0.4, 0.5) is 0 Å². The van der Waals surface area contributed by atoms with E-state index in [4.69, 9.17) is 0 Å². The van der Waals surface area contributed by atoms with Crippen molar-refractivity contribution < 1.29 is 0 Å². The second-order valence-electron chi connectivity index (χ2n) is 20.0. The summed E-state index contributed by atoms with van der Waals surface area (Å²) in [5.74, 6) is 0. The Labute approximate surface area is 438 Å². The van der Waals surface area contributed by atoms with Crippen LogP contribution >= 0.6 is 0 Å². The van der Waals surface area contributed by atoms with Crippen LogP contribution in [0.2, 0.25) is 0 Å². The first-order valence-electron chi connectivity index (χ1n) is 26.2. The molecule has 4 nitrogen and oxygen atoms in total. The lowest BCUT2D eigenvalue weighted by molar-refractivity contribution is 1.15. The van der Waals surface area contributed by atoms with Crippen LogP contribution in [0.25, 0.3) is 143 Å². The first-order valence-corrected chi connectivity index (χ1v) is 26.2. The summed E-state index contributed by atoms with van der Waals surface area (Å²) < 4.78 is 9.88. The minimum absolute atomic E-state index is 1.12. The van der Waals surface area contributed by atoms with E-state index in [2.05, 4.69) is 297 Å². The first kappa shape index (κ1) is 42.4. The lowest BCUT2D eigenvalue weighted by Crippen LogP contribution is -2.05. The van der Waals surface area contributed by atoms with Crippen LogP contribution in [-0.2, 0) is 0 Å². The molecule has 4 heteroatoms. The topological polar surface area (TPSA) is 19.7 Å². The number of aromatic nitrogens is 4. The molecule has 0 bridgehead atoms. The third-order valence-electron chi connectivity index (χ3n) is 16.0. The summed E-state index contributed by atoms with van der Waals surface area (Å²) in [5.41, 5.74) is 20.9. The Morgan fingerprint density at radius 1 is 0.184 bits per heavy atom. The molecule has 0 fully saturated rings. The van der Waals surface area contributed by atoms with Gasteiger partial charge in [-0.25, -0.2) is 0 Å². The van der Waals surface area contributed by atoms with Crippen molar-refractivity contribution in [1.82, 2.24) is 18.3 Å². The van der Waals surface area contributed by atoms with E-state index in [9.17, 15) is 0 Å². The number of para-hydroxylation sites is 10. The number of nitrogens with zero attached hydrogens (tertiary/aromatic N) is 4. The summed E-state index contributed by atoms with van der Waals surface area (Å²) in [6.45, 7) is 0. The molecule has 354 valence electrons. The quantitative estimate of drug-likeness (QED) is 0.152. The van der Waals surface area contributed by atoms with Crippen LogP contribution in [0, 0.1) is 0 Å². The maximum absolute atomic E-state index is 2.56. The average Bonchev–Trinajstić information content (AvgIpc) is 4.29. The van der Waals surface area contributed by atoms with Crippen LogP contribution in [0.3, 0.4) is 0 Å². The van der Waals surface area contributed by atoms with Gasteiger partial charge in [-0.2, -0.15) is 0 Å². The Balaban J connectivity index is 0.979. The highest BCUT2D eigenvalue weighted by atomic mass is 15.0. The smallest absolute Gasteiger partial charge is 0.0620 e.